The van der Waals surface area contributed by atoms with Gasteiger partial charge in [0.1, 0.15) is 5.82 Å². The normalized spacial score (nSPS) is 10.8. The Hall–Kier alpha value is -2.76. The number of rotatable bonds is 3. The Kier molecular flexibility index (Phi) is 2.90. The van der Waals surface area contributed by atoms with E-state index >= 15 is 0 Å². The van der Waals surface area contributed by atoms with Crippen LogP contribution >= 0.6 is 0 Å². The van der Waals surface area contributed by atoms with Gasteiger partial charge in [0.15, 0.2) is 5.69 Å². The molecule has 3 rings (SSSR count). The topological polar surface area (TPSA) is 73.8 Å². The van der Waals surface area contributed by atoms with Crippen LogP contribution < -0.4 is 5.73 Å². The van der Waals surface area contributed by atoms with Crippen LogP contribution in [-0.4, -0.2) is 20.7 Å². The van der Waals surface area contributed by atoms with Gasteiger partial charge in [-0.25, -0.2) is 4.39 Å². The van der Waals surface area contributed by atoms with Crippen molar-refractivity contribution in [1.29, 1.82) is 0 Å². The van der Waals surface area contributed by atoms with Crippen LogP contribution in [0.3, 0.4) is 0 Å². The molecule has 2 heterocycles. The van der Waals surface area contributed by atoms with Crippen molar-refractivity contribution in [2.45, 2.75) is 6.54 Å². The summed E-state index contributed by atoms with van der Waals surface area (Å²) in [5.74, 6) is -0.943. The molecule has 20 heavy (non-hydrogen) atoms. The maximum absolute atomic E-state index is 13.7. The van der Waals surface area contributed by atoms with Gasteiger partial charge in [0.25, 0.3) is 5.91 Å². The summed E-state index contributed by atoms with van der Waals surface area (Å²) < 4.78 is 15.2. The highest BCUT2D eigenvalue weighted by Crippen LogP contribution is 2.19. The first-order valence-electron chi connectivity index (χ1n) is 6.00. The summed E-state index contributed by atoms with van der Waals surface area (Å²) in [6.45, 7) is 0.223. The average molecular weight is 270 g/mol. The van der Waals surface area contributed by atoms with Crippen molar-refractivity contribution in [2.24, 2.45) is 5.73 Å². The Labute approximate surface area is 113 Å². The molecule has 1 aromatic carbocycles. The summed E-state index contributed by atoms with van der Waals surface area (Å²) in [6.07, 6.45) is 3.12. The second-order valence-electron chi connectivity index (χ2n) is 4.35. The van der Waals surface area contributed by atoms with Crippen molar-refractivity contribution in [3.8, 4) is 0 Å². The number of pyridine rings is 1. The molecule has 100 valence electrons. The SMILES string of the molecule is NC(=O)c1nn(Cc2ccccc2F)c2ccncc12. The fourth-order valence-electron chi connectivity index (χ4n) is 2.11. The largest absolute Gasteiger partial charge is 0.364 e. The first-order valence-corrected chi connectivity index (χ1v) is 6.00. The number of fused-ring (bicyclic) bond motifs is 1. The third-order valence-corrected chi connectivity index (χ3v) is 3.06. The molecule has 5 nitrogen and oxygen atoms in total. The average Bonchev–Trinajstić information content (AvgIpc) is 2.81. The lowest BCUT2D eigenvalue weighted by Gasteiger charge is -2.04. The molecule has 0 saturated carbocycles. The Balaban J connectivity index is 2.13. The molecule has 1 amide bonds. The van der Waals surface area contributed by atoms with Crippen molar-refractivity contribution in [1.82, 2.24) is 14.8 Å². The molecular formula is C14H11FN4O. The zero-order valence-electron chi connectivity index (χ0n) is 10.5. The van der Waals surface area contributed by atoms with E-state index in [0.29, 0.717) is 16.5 Å². The molecule has 0 spiro atoms. The lowest BCUT2D eigenvalue weighted by molar-refractivity contribution is 0.0996. The zero-order chi connectivity index (χ0) is 14.1. The Morgan fingerprint density at radius 2 is 2.10 bits per heavy atom. The fraction of sp³-hybridized carbons (Fsp3) is 0.0714. The van der Waals surface area contributed by atoms with E-state index in [1.54, 1.807) is 35.1 Å². The molecule has 2 aromatic heterocycles. The highest BCUT2D eigenvalue weighted by Gasteiger charge is 2.15. The van der Waals surface area contributed by atoms with Gasteiger partial charge in [0, 0.05) is 18.0 Å². The quantitative estimate of drug-likeness (QED) is 0.787. The van der Waals surface area contributed by atoms with Crippen molar-refractivity contribution in [2.75, 3.05) is 0 Å². The smallest absolute Gasteiger partial charge is 0.269 e. The first kappa shape index (κ1) is 12.3. The monoisotopic (exact) mass is 270 g/mol. The number of carbonyl (C=O) groups excluding carboxylic acids is 1. The fourth-order valence-corrected chi connectivity index (χ4v) is 2.11. The Bertz CT molecular complexity index is 797. The molecule has 0 atom stereocenters. The number of hydrogen-bond donors (Lipinski definition) is 1. The van der Waals surface area contributed by atoms with E-state index in [1.807, 2.05) is 0 Å². The number of amides is 1. The third-order valence-electron chi connectivity index (χ3n) is 3.06. The summed E-state index contributed by atoms with van der Waals surface area (Å²) in [7, 11) is 0. The number of carbonyl (C=O) groups is 1. The van der Waals surface area contributed by atoms with E-state index in [-0.39, 0.29) is 18.1 Å². The van der Waals surface area contributed by atoms with E-state index in [0.717, 1.165) is 0 Å². The first-order chi connectivity index (χ1) is 9.66. The van der Waals surface area contributed by atoms with Crippen molar-refractivity contribution in [3.63, 3.8) is 0 Å². The van der Waals surface area contributed by atoms with Gasteiger partial charge in [-0.2, -0.15) is 5.10 Å². The molecule has 2 N–H and O–H groups in total. The molecule has 0 fully saturated rings. The summed E-state index contributed by atoms with van der Waals surface area (Å²) >= 11 is 0. The van der Waals surface area contributed by atoms with Gasteiger partial charge in [-0.15, -0.1) is 0 Å². The molecule has 0 radical (unpaired) electrons. The molecular weight excluding hydrogens is 259 g/mol. The van der Waals surface area contributed by atoms with Crippen LogP contribution in [0.2, 0.25) is 0 Å². The number of aromatic nitrogens is 3. The minimum Gasteiger partial charge on any atom is -0.364 e. The lowest BCUT2D eigenvalue weighted by atomic mass is 10.2. The second-order valence-corrected chi connectivity index (χ2v) is 4.35. The van der Waals surface area contributed by atoms with E-state index < -0.39 is 5.91 Å². The number of nitrogens with two attached hydrogens (primary N) is 1. The van der Waals surface area contributed by atoms with Crippen LogP contribution in [0.5, 0.6) is 0 Å². The summed E-state index contributed by atoms with van der Waals surface area (Å²) in [6, 6.07) is 8.15. The highest BCUT2D eigenvalue weighted by atomic mass is 19.1. The summed E-state index contributed by atoms with van der Waals surface area (Å²) in [5.41, 5.74) is 6.63. The number of primary amides is 1. The van der Waals surface area contributed by atoms with Crippen LogP contribution in [0.4, 0.5) is 4.39 Å². The molecule has 0 unspecified atom stereocenters. The second kappa shape index (κ2) is 4.73. The maximum Gasteiger partial charge on any atom is 0.269 e. The van der Waals surface area contributed by atoms with E-state index in [2.05, 4.69) is 10.1 Å². The molecule has 3 aromatic rings. The zero-order valence-corrected chi connectivity index (χ0v) is 10.5. The van der Waals surface area contributed by atoms with Crippen LogP contribution in [0.25, 0.3) is 10.9 Å². The number of hydrogen-bond acceptors (Lipinski definition) is 3. The van der Waals surface area contributed by atoms with Crippen molar-refractivity contribution in [3.05, 3.63) is 59.8 Å². The Morgan fingerprint density at radius 1 is 1.30 bits per heavy atom. The highest BCUT2D eigenvalue weighted by molar-refractivity contribution is 6.03. The Morgan fingerprint density at radius 3 is 2.85 bits per heavy atom. The number of halogens is 1. The maximum atomic E-state index is 13.7. The van der Waals surface area contributed by atoms with Crippen molar-refractivity contribution >= 4 is 16.8 Å². The summed E-state index contributed by atoms with van der Waals surface area (Å²) in [4.78, 5) is 15.4. The third kappa shape index (κ3) is 2.01. The standard InChI is InChI=1S/C14H11FN4O/c15-11-4-2-1-3-9(11)8-19-12-5-6-17-7-10(12)13(18-19)14(16)20/h1-7H,8H2,(H2,16,20). The van der Waals surface area contributed by atoms with Crippen LogP contribution in [0.15, 0.2) is 42.7 Å². The molecule has 0 bridgehead atoms. The predicted octanol–water partition coefficient (Wildman–Crippen LogP) is 1.72. The van der Waals surface area contributed by atoms with Gasteiger partial charge in [-0.3, -0.25) is 14.5 Å². The van der Waals surface area contributed by atoms with Gasteiger partial charge >= 0.3 is 0 Å². The van der Waals surface area contributed by atoms with Crippen LogP contribution in [0, 0.1) is 5.82 Å². The van der Waals surface area contributed by atoms with Gasteiger partial charge in [0.2, 0.25) is 0 Å². The number of nitrogens with zero attached hydrogens (tertiary/aromatic N) is 3. The molecule has 0 aliphatic rings. The summed E-state index contributed by atoms with van der Waals surface area (Å²) in [5, 5.41) is 4.73. The molecule has 0 aliphatic carbocycles. The van der Waals surface area contributed by atoms with E-state index in [1.165, 1.54) is 12.3 Å². The van der Waals surface area contributed by atoms with Gasteiger partial charge in [0.05, 0.1) is 17.4 Å². The van der Waals surface area contributed by atoms with Crippen molar-refractivity contribution < 1.29 is 9.18 Å². The van der Waals surface area contributed by atoms with Gasteiger partial charge < -0.3 is 5.73 Å². The predicted molar refractivity (Wildman–Crippen MR) is 71.5 cm³/mol. The van der Waals surface area contributed by atoms with Gasteiger partial charge in [-0.05, 0) is 12.1 Å². The van der Waals surface area contributed by atoms with E-state index in [9.17, 15) is 9.18 Å². The van der Waals surface area contributed by atoms with Gasteiger partial charge in [-0.1, -0.05) is 18.2 Å². The van der Waals surface area contributed by atoms with Crippen LogP contribution in [-0.2, 0) is 6.54 Å². The molecule has 6 heteroatoms. The minimum atomic E-state index is -0.629. The van der Waals surface area contributed by atoms with Crippen LogP contribution in [0.1, 0.15) is 16.1 Å². The molecule has 0 aliphatic heterocycles. The minimum absolute atomic E-state index is 0.143. The number of benzene rings is 1. The lowest BCUT2D eigenvalue weighted by Crippen LogP contribution is -2.13. The molecule has 0 saturated heterocycles. The van der Waals surface area contributed by atoms with E-state index in [4.69, 9.17) is 5.73 Å².